The van der Waals surface area contributed by atoms with Crippen LogP contribution in [-0.2, 0) is 0 Å². The Morgan fingerprint density at radius 1 is 1.59 bits per heavy atom. The molecule has 2 rings (SSSR count). The van der Waals surface area contributed by atoms with Gasteiger partial charge in [0.25, 0.3) is 0 Å². The second-order valence-electron chi connectivity index (χ2n) is 4.41. The Morgan fingerprint density at radius 2 is 2.47 bits per heavy atom. The van der Waals surface area contributed by atoms with E-state index in [-0.39, 0.29) is 0 Å². The largest absolute Gasteiger partial charge is 0.365 e. The Morgan fingerprint density at radius 3 is 3.24 bits per heavy atom. The number of nitrogens with zero attached hydrogens (tertiary/aromatic N) is 3. The first-order chi connectivity index (χ1) is 8.36. The maximum Gasteiger partial charge on any atom is 0.101 e. The predicted molar refractivity (Wildman–Crippen MR) is 67.9 cm³/mol. The van der Waals surface area contributed by atoms with Crippen molar-refractivity contribution < 1.29 is 0 Å². The number of nitrogens with one attached hydrogen (secondary N) is 1. The lowest BCUT2D eigenvalue weighted by Gasteiger charge is -2.37. The summed E-state index contributed by atoms with van der Waals surface area (Å²) in [7, 11) is 1.97. The quantitative estimate of drug-likeness (QED) is 0.855. The molecule has 0 saturated carbocycles. The van der Waals surface area contributed by atoms with Crippen LogP contribution in [0.3, 0.4) is 0 Å². The molecule has 0 aliphatic carbocycles. The molecular weight excluding hydrogens is 212 g/mol. The first kappa shape index (κ1) is 11.9. The van der Waals surface area contributed by atoms with Gasteiger partial charge >= 0.3 is 0 Å². The molecule has 1 aliphatic heterocycles. The normalized spacial score (nSPS) is 20.0. The second kappa shape index (κ2) is 5.65. The Kier molecular flexibility index (Phi) is 3.94. The van der Waals surface area contributed by atoms with Crippen LogP contribution < -0.4 is 10.2 Å². The van der Waals surface area contributed by atoms with Crippen LogP contribution in [-0.4, -0.2) is 31.2 Å². The summed E-state index contributed by atoms with van der Waals surface area (Å²) in [5.74, 6) is 0. The Hall–Kier alpha value is -1.60. The van der Waals surface area contributed by atoms with Gasteiger partial charge < -0.3 is 10.2 Å². The molecule has 1 fully saturated rings. The highest BCUT2D eigenvalue weighted by atomic mass is 15.2. The number of rotatable bonds is 3. The molecule has 0 spiro atoms. The molecule has 1 N–H and O–H groups in total. The van der Waals surface area contributed by atoms with E-state index >= 15 is 0 Å². The molecule has 1 aromatic heterocycles. The van der Waals surface area contributed by atoms with Crippen molar-refractivity contribution in [1.29, 1.82) is 5.26 Å². The monoisotopic (exact) mass is 230 g/mol. The number of anilines is 1. The van der Waals surface area contributed by atoms with Crippen molar-refractivity contribution in [3.63, 3.8) is 0 Å². The lowest BCUT2D eigenvalue weighted by atomic mass is 10.0. The Balaban J connectivity index is 2.26. The maximum absolute atomic E-state index is 9.15. The highest BCUT2D eigenvalue weighted by Gasteiger charge is 2.23. The minimum absolute atomic E-state index is 0.477. The zero-order valence-electron chi connectivity index (χ0n) is 10.2. The highest BCUT2D eigenvalue weighted by molar-refractivity contribution is 5.58. The van der Waals surface area contributed by atoms with Crippen LogP contribution in [0.25, 0.3) is 0 Å². The lowest BCUT2D eigenvalue weighted by Crippen LogP contribution is -2.45. The van der Waals surface area contributed by atoms with E-state index in [1.54, 1.807) is 12.3 Å². The number of pyridine rings is 1. The van der Waals surface area contributed by atoms with Crippen LogP contribution in [0, 0.1) is 11.3 Å². The van der Waals surface area contributed by atoms with Gasteiger partial charge in [-0.2, -0.15) is 5.26 Å². The molecule has 0 bridgehead atoms. The number of hydrogen-bond donors (Lipinski definition) is 1. The molecular formula is C13H18N4. The number of hydrogen-bond acceptors (Lipinski definition) is 4. The van der Waals surface area contributed by atoms with Crippen molar-refractivity contribution in [2.24, 2.45) is 0 Å². The number of piperidine rings is 1. The topological polar surface area (TPSA) is 52.0 Å². The van der Waals surface area contributed by atoms with Gasteiger partial charge in [0.1, 0.15) is 6.07 Å². The Bertz CT molecular complexity index is 408. The van der Waals surface area contributed by atoms with E-state index < -0.39 is 0 Å². The van der Waals surface area contributed by atoms with Gasteiger partial charge in [0.05, 0.1) is 17.4 Å². The smallest absolute Gasteiger partial charge is 0.101 e. The molecule has 4 nitrogen and oxygen atoms in total. The summed E-state index contributed by atoms with van der Waals surface area (Å²) in [4.78, 5) is 6.47. The fraction of sp³-hybridized carbons (Fsp3) is 0.538. The molecule has 1 saturated heterocycles. The first-order valence-electron chi connectivity index (χ1n) is 6.12. The minimum Gasteiger partial charge on any atom is -0.365 e. The van der Waals surface area contributed by atoms with Crippen molar-refractivity contribution in [3.05, 3.63) is 24.0 Å². The van der Waals surface area contributed by atoms with E-state index in [0.29, 0.717) is 6.04 Å². The van der Waals surface area contributed by atoms with E-state index in [1.165, 1.54) is 19.3 Å². The molecule has 90 valence electrons. The number of aromatic nitrogens is 1. The van der Waals surface area contributed by atoms with E-state index in [2.05, 4.69) is 21.3 Å². The molecule has 1 aromatic rings. The van der Waals surface area contributed by atoms with Crippen molar-refractivity contribution in [3.8, 4) is 6.07 Å². The molecule has 0 aromatic carbocycles. The van der Waals surface area contributed by atoms with E-state index in [0.717, 1.165) is 24.3 Å². The van der Waals surface area contributed by atoms with Gasteiger partial charge in [-0.15, -0.1) is 0 Å². The van der Waals surface area contributed by atoms with Crippen LogP contribution in [0.1, 0.15) is 24.8 Å². The molecule has 4 heteroatoms. The Labute approximate surface area is 102 Å². The van der Waals surface area contributed by atoms with Gasteiger partial charge in [-0.3, -0.25) is 4.98 Å². The maximum atomic E-state index is 9.15. The SMILES string of the molecule is CNCC1CCCCN1c1cnccc1C#N. The van der Waals surface area contributed by atoms with Crippen LogP contribution in [0.5, 0.6) is 0 Å². The van der Waals surface area contributed by atoms with Crippen LogP contribution in [0.4, 0.5) is 5.69 Å². The fourth-order valence-corrected chi connectivity index (χ4v) is 2.48. The van der Waals surface area contributed by atoms with Crippen LogP contribution in [0.15, 0.2) is 18.5 Å². The molecule has 2 heterocycles. The van der Waals surface area contributed by atoms with Crippen LogP contribution in [0.2, 0.25) is 0 Å². The third-order valence-electron chi connectivity index (χ3n) is 3.30. The van der Waals surface area contributed by atoms with Crippen molar-refractivity contribution in [2.75, 3.05) is 25.0 Å². The molecule has 17 heavy (non-hydrogen) atoms. The van der Waals surface area contributed by atoms with Crippen molar-refractivity contribution in [1.82, 2.24) is 10.3 Å². The summed E-state index contributed by atoms with van der Waals surface area (Å²) in [6.45, 7) is 1.98. The predicted octanol–water partition coefficient (Wildman–Crippen LogP) is 1.53. The number of likely N-dealkylation sites (N-methyl/N-ethyl adjacent to an activating group) is 1. The summed E-state index contributed by atoms with van der Waals surface area (Å²) >= 11 is 0. The molecule has 1 atom stereocenters. The zero-order chi connectivity index (χ0) is 12.1. The van der Waals surface area contributed by atoms with Gasteiger partial charge in [-0.05, 0) is 32.4 Å². The molecule has 0 amide bonds. The number of nitriles is 1. The van der Waals surface area contributed by atoms with Gasteiger partial charge in [0.2, 0.25) is 0 Å². The van der Waals surface area contributed by atoms with E-state index in [1.807, 2.05) is 13.2 Å². The van der Waals surface area contributed by atoms with Crippen molar-refractivity contribution >= 4 is 5.69 Å². The van der Waals surface area contributed by atoms with E-state index in [9.17, 15) is 0 Å². The minimum atomic E-state index is 0.477. The second-order valence-corrected chi connectivity index (χ2v) is 4.41. The highest BCUT2D eigenvalue weighted by Crippen LogP contribution is 2.26. The average Bonchev–Trinajstić information content (AvgIpc) is 2.40. The molecule has 1 unspecified atom stereocenters. The van der Waals surface area contributed by atoms with Gasteiger partial charge in [0, 0.05) is 25.3 Å². The van der Waals surface area contributed by atoms with Crippen molar-refractivity contribution in [2.45, 2.75) is 25.3 Å². The van der Waals surface area contributed by atoms with Gasteiger partial charge in [0.15, 0.2) is 0 Å². The third-order valence-corrected chi connectivity index (χ3v) is 3.30. The van der Waals surface area contributed by atoms with Gasteiger partial charge in [-0.1, -0.05) is 0 Å². The average molecular weight is 230 g/mol. The zero-order valence-corrected chi connectivity index (χ0v) is 10.2. The molecule has 0 radical (unpaired) electrons. The van der Waals surface area contributed by atoms with E-state index in [4.69, 9.17) is 5.26 Å². The summed E-state index contributed by atoms with van der Waals surface area (Å²) in [5.41, 5.74) is 1.71. The first-order valence-corrected chi connectivity index (χ1v) is 6.12. The van der Waals surface area contributed by atoms with Gasteiger partial charge in [-0.25, -0.2) is 0 Å². The molecule has 1 aliphatic rings. The summed E-state index contributed by atoms with van der Waals surface area (Å²) < 4.78 is 0. The lowest BCUT2D eigenvalue weighted by molar-refractivity contribution is 0.446. The summed E-state index contributed by atoms with van der Waals surface area (Å²) in [6.07, 6.45) is 7.14. The van der Waals surface area contributed by atoms with Crippen LogP contribution >= 0.6 is 0 Å². The summed E-state index contributed by atoms with van der Waals surface area (Å²) in [6, 6.07) is 4.52. The fourth-order valence-electron chi connectivity index (χ4n) is 2.48. The summed E-state index contributed by atoms with van der Waals surface area (Å²) in [5, 5.41) is 12.4. The third kappa shape index (κ3) is 2.56. The standard InChI is InChI=1S/C13H18N4/c1-15-9-12-4-2-3-7-17(12)13-10-16-6-5-11(13)8-14/h5-6,10,12,15H,2-4,7,9H2,1H3.